The molecule has 0 fully saturated rings. The Hall–Kier alpha value is -2.55. The van der Waals surface area contributed by atoms with Gasteiger partial charge in [-0.15, -0.1) is 0 Å². The van der Waals surface area contributed by atoms with Crippen LogP contribution in [0.3, 0.4) is 0 Å². The predicted molar refractivity (Wildman–Crippen MR) is 85.3 cm³/mol. The van der Waals surface area contributed by atoms with Gasteiger partial charge in [0.1, 0.15) is 0 Å². The molecule has 2 aromatic carbocycles. The molecule has 0 saturated carbocycles. The quantitative estimate of drug-likeness (QED) is 0.589. The van der Waals surface area contributed by atoms with E-state index in [0.717, 1.165) is 12.1 Å². The molecule has 0 amide bonds. The van der Waals surface area contributed by atoms with Crippen LogP contribution in [0.5, 0.6) is 0 Å². The van der Waals surface area contributed by atoms with Gasteiger partial charge < -0.3 is 5.32 Å². The van der Waals surface area contributed by atoms with Gasteiger partial charge in [0.25, 0.3) is 0 Å². The molecule has 0 aliphatic heterocycles. The van der Waals surface area contributed by atoms with Crippen LogP contribution in [0, 0.1) is 0 Å². The van der Waals surface area contributed by atoms with Crippen molar-refractivity contribution in [2.75, 3.05) is 5.32 Å². The predicted octanol–water partition coefficient (Wildman–Crippen LogP) is 4.15. The zero-order chi connectivity index (χ0) is 14.2. The van der Waals surface area contributed by atoms with Gasteiger partial charge in [0.05, 0.1) is 11.9 Å². The Morgan fingerprint density at radius 3 is 2.81 bits per heavy atom. The Bertz CT molecular complexity index is 775. The molecule has 2 N–H and O–H groups in total. The molecule has 1 aliphatic carbocycles. The van der Waals surface area contributed by atoms with E-state index in [-0.39, 0.29) is 6.04 Å². The molecule has 1 heterocycles. The summed E-state index contributed by atoms with van der Waals surface area (Å²) in [6.07, 6.45) is 4.72. The van der Waals surface area contributed by atoms with Crippen LogP contribution in [0.25, 0.3) is 11.1 Å². The van der Waals surface area contributed by atoms with Crippen LogP contribution >= 0.6 is 0 Å². The van der Waals surface area contributed by atoms with Gasteiger partial charge in [0.2, 0.25) is 0 Å². The van der Waals surface area contributed by atoms with Crippen molar-refractivity contribution in [3.8, 4) is 11.1 Å². The van der Waals surface area contributed by atoms with Crippen molar-refractivity contribution in [1.82, 2.24) is 10.2 Å². The van der Waals surface area contributed by atoms with E-state index in [1.165, 1.54) is 27.8 Å². The molecule has 1 atom stereocenters. The van der Waals surface area contributed by atoms with Gasteiger partial charge in [-0.3, -0.25) is 5.10 Å². The molecule has 104 valence electrons. The van der Waals surface area contributed by atoms with Gasteiger partial charge in [-0.25, -0.2) is 0 Å². The lowest BCUT2D eigenvalue weighted by molar-refractivity contribution is 0.882. The third kappa shape index (κ3) is 2.11. The monoisotopic (exact) mass is 275 g/mol. The SMILES string of the molecule is CC(Nc1cn[nH]c1)c1ccc2c(c1)Cc1ccccc1-2. The fraction of sp³-hybridized carbons (Fsp3) is 0.167. The zero-order valence-corrected chi connectivity index (χ0v) is 11.9. The highest BCUT2D eigenvalue weighted by Gasteiger charge is 2.18. The number of rotatable bonds is 3. The van der Waals surface area contributed by atoms with E-state index in [0.29, 0.717) is 0 Å². The first-order chi connectivity index (χ1) is 10.3. The van der Waals surface area contributed by atoms with Crippen molar-refractivity contribution >= 4 is 5.69 Å². The summed E-state index contributed by atoms with van der Waals surface area (Å²) >= 11 is 0. The van der Waals surface area contributed by atoms with Gasteiger partial charge in [0.15, 0.2) is 0 Å². The largest absolute Gasteiger partial charge is 0.376 e. The minimum atomic E-state index is 0.261. The molecule has 0 saturated heterocycles. The third-order valence-electron chi connectivity index (χ3n) is 4.20. The second-order valence-electron chi connectivity index (χ2n) is 5.60. The Balaban J connectivity index is 1.64. The fourth-order valence-electron chi connectivity index (χ4n) is 3.10. The first-order valence-corrected chi connectivity index (χ1v) is 7.28. The van der Waals surface area contributed by atoms with Crippen LogP contribution < -0.4 is 5.32 Å². The zero-order valence-electron chi connectivity index (χ0n) is 11.9. The minimum Gasteiger partial charge on any atom is -0.376 e. The molecule has 1 unspecified atom stereocenters. The number of aromatic nitrogens is 2. The topological polar surface area (TPSA) is 40.7 Å². The van der Waals surface area contributed by atoms with E-state index in [9.17, 15) is 0 Å². The molecule has 1 aromatic heterocycles. The van der Waals surface area contributed by atoms with E-state index in [1.54, 1.807) is 6.20 Å². The normalized spacial score (nSPS) is 13.6. The number of benzene rings is 2. The summed E-state index contributed by atoms with van der Waals surface area (Å²) in [5.41, 5.74) is 7.95. The number of nitrogens with zero attached hydrogens (tertiary/aromatic N) is 1. The molecule has 21 heavy (non-hydrogen) atoms. The number of nitrogens with one attached hydrogen (secondary N) is 2. The molecule has 3 nitrogen and oxygen atoms in total. The van der Waals surface area contributed by atoms with Crippen LogP contribution in [-0.4, -0.2) is 10.2 Å². The average molecular weight is 275 g/mol. The summed E-state index contributed by atoms with van der Waals surface area (Å²) in [6, 6.07) is 15.7. The maximum absolute atomic E-state index is 3.97. The van der Waals surface area contributed by atoms with Crippen LogP contribution in [0.1, 0.15) is 29.7 Å². The number of hydrogen-bond donors (Lipinski definition) is 2. The third-order valence-corrected chi connectivity index (χ3v) is 4.20. The van der Waals surface area contributed by atoms with E-state index < -0.39 is 0 Å². The van der Waals surface area contributed by atoms with Crippen LogP contribution in [0.4, 0.5) is 5.69 Å². The summed E-state index contributed by atoms with van der Waals surface area (Å²) in [4.78, 5) is 0. The van der Waals surface area contributed by atoms with Crippen molar-refractivity contribution in [1.29, 1.82) is 0 Å². The van der Waals surface area contributed by atoms with Crippen LogP contribution in [-0.2, 0) is 6.42 Å². The molecule has 4 rings (SSSR count). The lowest BCUT2D eigenvalue weighted by atomic mass is 10.0. The van der Waals surface area contributed by atoms with E-state index in [2.05, 4.69) is 64.9 Å². The lowest BCUT2D eigenvalue weighted by Crippen LogP contribution is -2.06. The highest BCUT2D eigenvalue weighted by molar-refractivity contribution is 5.77. The van der Waals surface area contributed by atoms with Crippen molar-refractivity contribution in [2.45, 2.75) is 19.4 Å². The van der Waals surface area contributed by atoms with Crippen LogP contribution in [0.2, 0.25) is 0 Å². The van der Waals surface area contributed by atoms with E-state index in [1.807, 2.05) is 6.20 Å². The van der Waals surface area contributed by atoms with Crippen molar-refractivity contribution in [3.05, 3.63) is 71.5 Å². The summed E-state index contributed by atoms with van der Waals surface area (Å²) < 4.78 is 0. The highest BCUT2D eigenvalue weighted by atomic mass is 15.1. The number of anilines is 1. The Morgan fingerprint density at radius 2 is 1.95 bits per heavy atom. The number of hydrogen-bond acceptors (Lipinski definition) is 2. The second kappa shape index (κ2) is 4.77. The maximum Gasteiger partial charge on any atom is 0.0728 e. The summed E-state index contributed by atoms with van der Waals surface area (Å²) in [6.45, 7) is 2.18. The highest BCUT2D eigenvalue weighted by Crippen LogP contribution is 2.37. The van der Waals surface area contributed by atoms with Crippen molar-refractivity contribution in [2.24, 2.45) is 0 Å². The standard InChI is InChI=1S/C18H17N3/c1-12(21-16-10-19-20-11-16)13-6-7-18-15(8-13)9-14-4-2-3-5-17(14)18/h2-8,10-12,21H,9H2,1H3,(H,19,20). The molecular formula is C18H17N3. The average Bonchev–Trinajstić information content (AvgIpc) is 3.13. The Morgan fingerprint density at radius 1 is 1.10 bits per heavy atom. The van der Waals surface area contributed by atoms with Crippen molar-refractivity contribution in [3.63, 3.8) is 0 Å². The molecule has 3 heteroatoms. The summed E-state index contributed by atoms with van der Waals surface area (Å²) in [5, 5.41) is 10.3. The minimum absolute atomic E-state index is 0.261. The van der Waals surface area contributed by atoms with Crippen LogP contribution in [0.15, 0.2) is 54.9 Å². The first-order valence-electron chi connectivity index (χ1n) is 7.28. The van der Waals surface area contributed by atoms with E-state index >= 15 is 0 Å². The van der Waals surface area contributed by atoms with Crippen molar-refractivity contribution < 1.29 is 0 Å². The molecule has 1 aliphatic rings. The second-order valence-corrected chi connectivity index (χ2v) is 5.60. The van der Waals surface area contributed by atoms with Gasteiger partial charge in [0, 0.05) is 12.2 Å². The number of aromatic amines is 1. The fourth-order valence-corrected chi connectivity index (χ4v) is 3.10. The summed E-state index contributed by atoms with van der Waals surface area (Å²) in [5.74, 6) is 0. The molecule has 0 radical (unpaired) electrons. The smallest absolute Gasteiger partial charge is 0.0728 e. The lowest BCUT2D eigenvalue weighted by Gasteiger charge is -2.15. The van der Waals surface area contributed by atoms with E-state index in [4.69, 9.17) is 0 Å². The molecule has 0 spiro atoms. The molecule has 0 bridgehead atoms. The molecular weight excluding hydrogens is 258 g/mol. The summed E-state index contributed by atoms with van der Waals surface area (Å²) in [7, 11) is 0. The molecule has 3 aromatic rings. The number of fused-ring (bicyclic) bond motifs is 3. The number of H-pyrrole nitrogens is 1. The van der Waals surface area contributed by atoms with Gasteiger partial charge >= 0.3 is 0 Å². The first kappa shape index (κ1) is 12.2. The van der Waals surface area contributed by atoms with Gasteiger partial charge in [-0.05, 0) is 41.2 Å². The maximum atomic E-state index is 3.97. The van der Waals surface area contributed by atoms with Gasteiger partial charge in [-0.1, -0.05) is 42.5 Å². The Labute approximate surface area is 124 Å². The Kier molecular flexibility index (Phi) is 2.78. The van der Waals surface area contributed by atoms with Gasteiger partial charge in [-0.2, -0.15) is 5.10 Å².